The molecular weight excluding hydrogens is 346 g/mol. The number of nitrogens with zero attached hydrogens (tertiary/aromatic N) is 2. The highest BCUT2D eigenvalue weighted by molar-refractivity contribution is 5.82. The maximum atomic E-state index is 11.9. The lowest BCUT2D eigenvalue weighted by Crippen LogP contribution is -2.40. The molecule has 0 aliphatic carbocycles. The molecule has 1 saturated heterocycles. The molecule has 2 rings (SSSR count). The number of carbonyl (C=O) groups excluding carboxylic acids is 1. The van der Waals surface area contributed by atoms with Crippen molar-refractivity contribution in [2.24, 2.45) is 16.8 Å². The Bertz CT molecular complexity index is 663. The average Bonchev–Trinajstić information content (AvgIpc) is 3.08. The van der Waals surface area contributed by atoms with Crippen LogP contribution in [0.4, 0.5) is 0 Å². The monoisotopic (exact) mass is 377 g/mol. The third-order valence-electron chi connectivity index (χ3n) is 4.88. The Kier molecular flexibility index (Phi) is 7.76. The van der Waals surface area contributed by atoms with Crippen LogP contribution in [0.1, 0.15) is 19.4 Å². The second-order valence-electron chi connectivity index (χ2n) is 6.68. The van der Waals surface area contributed by atoms with Gasteiger partial charge in [0.25, 0.3) is 0 Å². The van der Waals surface area contributed by atoms with Crippen molar-refractivity contribution in [1.29, 1.82) is 0 Å². The maximum absolute atomic E-state index is 11.9. The summed E-state index contributed by atoms with van der Waals surface area (Å²) in [4.78, 5) is 18.8. The number of rotatable bonds is 7. The molecule has 2 atom stereocenters. The van der Waals surface area contributed by atoms with Crippen LogP contribution < -0.4 is 14.8 Å². The van der Waals surface area contributed by atoms with Gasteiger partial charge in [0.1, 0.15) is 11.5 Å². The molecule has 0 bridgehead atoms. The number of hydrogen-bond donors (Lipinski definition) is 1. The summed E-state index contributed by atoms with van der Waals surface area (Å²) >= 11 is 0. The van der Waals surface area contributed by atoms with E-state index in [9.17, 15) is 4.79 Å². The summed E-state index contributed by atoms with van der Waals surface area (Å²) in [5.41, 5.74) is 1.05. The van der Waals surface area contributed by atoms with E-state index in [-0.39, 0.29) is 17.8 Å². The molecule has 2 unspecified atom stereocenters. The summed E-state index contributed by atoms with van der Waals surface area (Å²) < 4.78 is 15.7. The van der Waals surface area contributed by atoms with E-state index in [1.165, 1.54) is 7.11 Å². The summed E-state index contributed by atoms with van der Waals surface area (Å²) in [6.45, 7) is 6.91. The fourth-order valence-corrected chi connectivity index (χ4v) is 3.38. The number of methoxy groups -OCH3 is 3. The minimum atomic E-state index is -0.151. The first kappa shape index (κ1) is 20.9. The Labute approximate surface area is 161 Å². The number of esters is 1. The summed E-state index contributed by atoms with van der Waals surface area (Å²) in [6.07, 6.45) is 0.735. The summed E-state index contributed by atoms with van der Waals surface area (Å²) in [7, 11) is 4.76. The van der Waals surface area contributed by atoms with Crippen molar-refractivity contribution in [2.45, 2.75) is 20.3 Å². The smallest absolute Gasteiger partial charge is 0.310 e. The van der Waals surface area contributed by atoms with Gasteiger partial charge in [-0.2, -0.15) is 0 Å². The summed E-state index contributed by atoms with van der Waals surface area (Å²) in [6, 6.07) is 5.77. The quantitative estimate of drug-likeness (QED) is 0.445. The van der Waals surface area contributed by atoms with Crippen molar-refractivity contribution in [3.05, 3.63) is 23.8 Å². The molecule has 1 N–H and O–H groups in total. The maximum Gasteiger partial charge on any atom is 0.310 e. The number of carbonyl (C=O) groups is 1. The van der Waals surface area contributed by atoms with Gasteiger partial charge < -0.3 is 24.4 Å². The van der Waals surface area contributed by atoms with E-state index in [2.05, 4.69) is 17.1 Å². The lowest BCUT2D eigenvalue weighted by Gasteiger charge is -2.21. The molecule has 7 nitrogen and oxygen atoms in total. The molecule has 1 aromatic rings. The Balaban J connectivity index is 2.07. The number of likely N-dealkylation sites (tertiary alicyclic amines) is 1. The van der Waals surface area contributed by atoms with E-state index in [0.29, 0.717) is 13.1 Å². The summed E-state index contributed by atoms with van der Waals surface area (Å²) in [5.74, 6) is 2.43. The van der Waals surface area contributed by atoms with Gasteiger partial charge in [-0.05, 0) is 43.0 Å². The van der Waals surface area contributed by atoms with E-state index in [0.717, 1.165) is 42.5 Å². The van der Waals surface area contributed by atoms with E-state index in [1.807, 2.05) is 25.1 Å². The van der Waals surface area contributed by atoms with Gasteiger partial charge in [0.15, 0.2) is 5.96 Å². The topological polar surface area (TPSA) is 72.4 Å². The van der Waals surface area contributed by atoms with Crippen molar-refractivity contribution >= 4 is 11.9 Å². The van der Waals surface area contributed by atoms with Gasteiger partial charge in [-0.1, -0.05) is 6.92 Å². The number of aliphatic imine (C=N–C) groups is 1. The Morgan fingerprint density at radius 2 is 2.04 bits per heavy atom. The van der Waals surface area contributed by atoms with Crippen molar-refractivity contribution in [3.63, 3.8) is 0 Å². The largest absolute Gasteiger partial charge is 0.497 e. The second-order valence-corrected chi connectivity index (χ2v) is 6.68. The Morgan fingerprint density at radius 1 is 1.26 bits per heavy atom. The van der Waals surface area contributed by atoms with E-state index < -0.39 is 0 Å². The molecule has 1 heterocycles. The predicted octanol–water partition coefficient (Wildman–Crippen LogP) is 1.95. The van der Waals surface area contributed by atoms with E-state index in [1.54, 1.807) is 14.2 Å². The first-order valence-corrected chi connectivity index (χ1v) is 9.36. The third-order valence-corrected chi connectivity index (χ3v) is 4.88. The van der Waals surface area contributed by atoms with Gasteiger partial charge in [0.2, 0.25) is 0 Å². The number of ether oxygens (including phenoxy) is 3. The fraction of sp³-hybridized carbons (Fsp3) is 0.600. The molecule has 0 aromatic heterocycles. The van der Waals surface area contributed by atoms with Crippen LogP contribution >= 0.6 is 0 Å². The lowest BCUT2D eigenvalue weighted by molar-refractivity contribution is -0.145. The van der Waals surface area contributed by atoms with Gasteiger partial charge in [-0.25, -0.2) is 0 Å². The zero-order valence-electron chi connectivity index (χ0n) is 16.9. The molecule has 150 valence electrons. The number of nitrogens with one attached hydrogen (secondary N) is 1. The standard InChI is InChI=1S/C20H31N3O4/c1-6-21-20(23-12-14(2)17(13-23)19(24)27-5)22-10-9-15-11-16(25-3)7-8-18(15)26-4/h7-8,11,14,17H,6,9-10,12-13H2,1-5H3,(H,21,22). The third kappa shape index (κ3) is 5.28. The van der Waals surface area contributed by atoms with Gasteiger partial charge >= 0.3 is 5.97 Å². The molecule has 0 amide bonds. The van der Waals surface area contributed by atoms with Gasteiger partial charge in [0, 0.05) is 26.2 Å². The minimum absolute atomic E-state index is 0.114. The molecule has 1 aromatic carbocycles. The van der Waals surface area contributed by atoms with Crippen LogP contribution in [0.5, 0.6) is 11.5 Å². The molecule has 0 radical (unpaired) electrons. The van der Waals surface area contributed by atoms with Crippen LogP contribution in [0.3, 0.4) is 0 Å². The summed E-state index contributed by atoms with van der Waals surface area (Å²) in [5, 5.41) is 3.33. The van der Waals surface area contributed by atoms with Gasteiger partial charge in [-0.3, -0.25) is 9.79 Å². The minimum Gasteiger partial charge on any atom is -0.497 e. The molecule has 1 aliphatic rings. The van der Waals surface area contributed by atoms with Crippen molar-refractivity contribution in [1.82, 2.24) is 10.2 Å². The fourth-order valence-electron chi connectivity index (χ4n) is 3.38. The Hall–Kier alpha value is -2.44. The van der Waals surface area contributed by atoms with E-state index in [4.69, 9.17) is 19.2 Å². The molecule has 27 heavy (non-hydrogen) atoms. The predicted molar refractivity (Wildman–Crippen MR) is 105 cm³/mol. The molecular formula is C20H31N3O4. The second kappa shape index (κ2) is 10.0. The van der Waals surface area contributed by atoms with E-state index >= 15 is 0 Å². The number of guanidine groups is 1. The zero-order chi connectivity index (χ0) is 19.8. The average molecular weight is 377 g/mol. The highest BCUT2D eigenvalue weighted by Gasteiger charge is 2.36. The SMILES string of the molecule is CCNC(=NCCc1cc(OC)ccc1OC)N1CC(C)C(C(=O)OC)C1. The van der Waals surface area contributed by atoms with Crippen molar-refractivity contribution < 1.29 is 19.0 Å². The lowest BCUT2D eigenvalue weighted by atomic mass is 9.99. The zero-order valence-corrected chi connectivity index (χ0v) is 16.9. The first-order valence-electron chi connectivity index (χ1n) is 9.36. The van der Waals surface area contributed by atoms with Crippen LogP contribution in [0.2, 0.25) is 0 Å². The molecule has 0 saturated carbocycles. The van der Waals surface area contributed by atoms with Crippen LogP contribution in [0, 0.1) is 11.8 Å². The molecule has 0 spiro atoms. The van der Waals surface area contributed by atoms with Gasteiger partial charge in [-0.15, -0.1) is 0 Å². The number of benzene rings is 1. The normalized spacial score (nSPS) is 19.7. The highest BCUT2D eigenvalue weighted by Crippen LogP contribution is 2.25. The van der Waals surface area contributed by atoms with Crippen LogP contribution in [0.25, 0.3) is 0 Å². The van der Waals surface area contributed by atoms with Crippen molar-refractivity contribution in [2.75, 3.05) is 47.5 Å². The van der Waals surface area contributed by atoms with Crippen LogP contribution in [-0.2, 0) is 16.0 Å². The van der Waals surface area contributed by atoms with Crippen LogP contribution in [-0.4, -0.2) is 64.3 Å². The highest BCUT2D eigenvalue weighted by atomic mass is 16.5. The van der Waals surface area contributed by atoms with Crippen molar-refractivity contribution in [3.8, 4) is 11.5 Å². The van der Waals surface area contributed by atoms with Crippen LogP contribution in [0.15, 0.2) is 23.2 Å². The van der Waals surface area contributed by atoms with Gasteiger partial charge in [0.05, 0.1) is 27.2 Å². The Morgan fingerprint density at radius 3 is 2.67 bits per heavy atom. The molecule has 1 aliphatic heterocycles. The molecule has 1 fully saturated rings. The first-order chi connectivity index (χ1) is 13.0. The molecule has 7 heteroatoms. The number of hydrogen-bond acceptors (Lipinski definition) is 5.